The van der Waals surface area contributed by atoms with E-state index in [0.29, 0.717) is 40.7 Å². The zero-order valence-corrected chi connectivity index (χ0v) is 69.1. The van der Waals surface area contributed by atoms with Crippen molar-refractivity contribution in [1.82, 2.24) is 29.9 Å². The molecular formula is C110H80BBrN6O4. The van der Waals surface area contributed by atoms with Crippen molar-refractivity contribution in [1.29, 1.82) is 0 Å². The molecule has 16 aromatic carbocycles. The van der Waals surface area contributed by atoms with Gasteiger partial charge in [0.25, 0.3) is 0 Å². The fourth-order valence-corrected chi connectivity index (χ4v) is 17.9. The van der Waals surface area contributed by atoms with Gasteiger partial charge in [0, 0.05) is 37.9 Å². The summed E-state index contributed by atoms with van der Waals surface area (Å²) in [6.07, 6.45) is 0. The lowest BCUT2D eigenvalue weighted by atomic mass is 9.68. The first-order valence-corrected chi connectivity index (χ1v) is 41.9. The molecule has 4 aliphatic rings. The second-order valence-corrected chi connectivity index (χ2v) is 32.8. The van der Waals surface area contributed by atoms with E-state index in [1.165, 1.54) is 83.5 Å². The van der Waals surface area contributed by atoms with Crippen LogP contribution in [0.3, 0.4) is 0 Å². The van der Waals surface area contributed by atoms with Crippen molar-refractivity contribution in [3.05, 3.63) is 461 Å². The van der Waals surface area contributed by atoms with Crippen LogP contribution in [0.5, 0.6) is 23.0 Å². The van der Waals surface area contributed by atoms with Crippen molar-refractivity contribution in [3.63, 3.8) is 0 Å². The Balaban J connectivity index is 0.000000125. The molecule has 0 bridgehead atoms. The van der Waals surface area contributed by atoms with E-state index in [2.05, 4.69) is 250 Å². The smallest absolute Gasteiger partial charge is 0.457 e. The van der Waals surface area contributed by atoms with E-state index in [1.807, 2.05) is 206 Å². The molecule has 1 aliphatic heterocycles. The molecule has 10 nitrogen and oxygen atoms in total. The average molecular weight is 1640 g/mol. The number of fused-ring (bicyclic) bond motifs is 13. The second-order valence-electron chi connectivity index (χ2n) is 31.9. The van der Waals surface area contributed by atoms with E-state index in [1.54, 1.807) is 0 Å². The lowest BCUT2D eigenvalue weighted by molar-refractivity contribution is 0.00578. The zero-order valence-electron chi connectivity index (χ0n) is 67.5. The molecule has 0 atom stereocenters. The third-order valence-electron chi connectivity index (χ3n) is 24.1. The number of aromatic nitrogens is 6. The van der Waals surface area contributed by atoms with Crippen molar-refractivity contribution in [2.75, 3.05) is 0 Å². The summed E-state index contributed by atoms with van der Waals surface area (Å²) in [6, 6.07) is 143. The van der Waals surface area contributed by atoms with Crippen LogP contribution in [0.1, 0.15) is 72.2 Å². The van der Waals surface area contributed by atoms with Gasteiger partial charge in [-0.05, 0) is 213 Å². The molecule has 3 heterocycles. The first kappa shape index (κ1) is 76.3. The van der Waals surface area contributed by atoms with Crippen LogP contribution in [0.4, 0.5) is 0 Å². The van der Waals surface area contributed by atoms with Crippen molar-refractivity contribution < 1.29 is 18.8 Å². The molecule has 0 amide bonds. The summed E-state index contributed by atoms with van der Waals surface area (Å²) < 4.78 is 25.9. The Kier molecular flexibility index (Phi) is 20.0. The third kappa shape index (κ3) is 14.1. The van der Waals surface area contributed by atoms with E-state index in [0.717, 1.165) is 66.1 Å². The lowest BCUT2D eigenvalue weighted by Gasteiger charge is -2.33. The molecular weight excluding hydrogens is 1560 g/mol. The van der Waals surface area contributed by atoms with Gasteiger partial charge in [0.15, 0.2) is 34.9 Å². The minimum Gasteiger partial charge on any atom is -0.457 e. The van der Waals surface area contributed by atoms with Gasteiger partial charge in [-0.1, -0.05) is 337 Å². The first-order chi connectivity index (χ1) is 59.8. The lowest BCUT2D eigenvalue weighted by Crippen LogP contribution is -2.41. The quantitative estimate of drug-likeness (QED) is 0.0975. The van der Waals surface area contributed by atoms with E-state index in [9.17, 15) is 0 Å². The van der Waals surface area contributed by atoms with Gasteiger partial charge in [-0.15, -0.1) is 0 Å². The molecule has 0 radical (unpaired) electrons. The molecule has 1 spiro atoms. The predicted molar refractivity (Wildman–Crippen MR) is 494 cm³/mol. The predicted octanol–water partition coefficient (Wildman–Crippen LogP) is 26.5. The topological polar surface area (TPSA) is 114 Å². The van der Waals surface area contributed by atoms with Crippen LogP contribution in [0.2, 0.25) is 0 Å². The van der Waals surface area contributed by atoms with Crippen LogP contribution < -0.4 is 14.9 Å². The highest BCUT2D eigenvalue weighted by Crippen LogP contribution is 2.63. The Morgan fingerprint density at radius 2 is 0.484 bits per heavy atom. The van der Waals surface area contributed by atoms with Gasteiger partial charge in [-0.2, -0.15) is 0 Å². The van der Waals surface area contributed by atoms with Crippen LogP contribution in [-0.4, -0.2) is 48.2 Å². The first-order valence-electron chi connectivity index (χ1n) is 41.1. The van der Waals surface area contributed by atoms with E-state index in [4.69, 9.17) is 48.7 Å². The molecule has 1 fully saturated rings. The molecule has 584 valence electrons. The van der Waals surface area contributed by atoms with Gasteiger partial charge in [0.1, 0.15) is 23.0 Å². The van der Waals surface area contributed by atoms with Crippen molar-refractivity contribution in [2.45, 2.75) is 49.7 Å². The van der Waals surface area contributed by atoms with Gasteiger partial charge >= 0.3 is 7.12 Å². The Morgan fingerprint density at radius 1 is 0.230 bits per heavy atom. The molecule has 2 aromatic heterocycles. The largest absolute Gasteiger partial charge is 0.494 e. The van der Waals surface area contributed by atoms with Crippen LogP contribution in [-0.2, 0) is 20.1 Å². The molecule has 122 heavy (non-hydrogen) atoms. The third-order valence-corrected chi connectivity index (χ3v) is 24.6. The van der Waals surface area contributed by atoms with Crippen LogP contribution in [0.15, 0.2) is 417 Å². The highest BCUT2D eigenvalue weighted by atomic mass is 79.9. The van der Waals surface area contributed by atoms with Crippen molar-refractivity contribution in [2.24, 2.45) is 0 Å². The summed E-state index contributed by atoms with van der Waals surface area (Å²) in [5.41, 5.74) is 25.9. The second kappa shape index (κ2) is 32.0. The summed E-state index contributed by atoms with van der Waals surface area (Å²) >= 11 is 3.71. The minimum atomic E-state index is -0.403. The number of benzene rings is 16. The SMILES string of the molecule is Brc1ccc2c(c1)C(c1ccccc1)(c1ccccc1)c1ccccc1-2.CC1(C)OB(c2ccc(Oc3ccc(-c4nc(-c5ccccc5)nc(-c5ccccc5)n4)cc3)cc2)OC1(C)C.c1ccc(-c2nc(-c3ccccc3)nc(-c3ccc(Oc4ccc(-c5ccc6c(c5)C5(c7ccccc7-c7ccccc75)c5ccccc5-6)cc4)cc3)n2)cc1. The summed E-state index contributed by atoms with van der Waals surface area (Å²) in [5, 5.41) is 0. The maximum absolute atomic E-state index is 6.36. The molecule has 0 saturated carbocycles. The van der Waals surface area contributed by atoms with Crippen molar-refractivity contribution in [3.8, 4) is 136 Å². The molecule has 12 heteroatoms. The van der Waals surface area contributed by atoms with Crippen LogP contribution in [0.25, 0.3) is 113 Å². The average Bonchev–Trinajstić information content (AvgIpc) is 1.51. The standard InChI is InChI=1S/C52H33N3O.C33H30BN3O3.C25H17Br/c1-3-13-35(14-4-1)49-53-50(36-15-5-2-6-16-36)55-51(54-49)37-25-30-40(31-26-37)56-39-28-23-34(24-29-39)38-27-32-44-43-19-9-12-22-47(43)52(48(44)33-38)45-20-10-7-17-41(45)42-18-8-11-21-46(42)52;1-32(2)33(3,4)40-34(39-32)26-17-21-28(22-18-26)38-27-19-15-25(16-20-27)31-36-29(23-11-7-5-8-12-23)35-30(37-31)24-13-9-6-10-14-24;26-20-15-16-22-21-13-7-8-14-23(21)25(24(22)17-20,18-9-3-1-4-10-18)19-11-5-2-6-12-19/h1-33H;5-22H,1-4H3;1-17H. The van der Waals surface area contributed by atoms with Gasteiger partial charge in [-0.3, -0.25) is 0 Å². The molecule has 22 rings (SSSR count). The monoisotopic (exact) mass is 1640 g/mol. The highest BCUT2D eigenvalue weighted by molar-refractivity contribution is 9.10. The molecule has 3 aliphatic carbocycles. The fraction of sp³-hybridized carbons (Fsp3) is 0.0727. The Morgan fingerprint density at radius 3 is 0.828 bits per heavy atom. The Labute approximate surface area is 719 Å². The molecule has 18 aromatic rings. The van der Waals surface area contributed by atoms with Crippen molar-refractivity contribution >= 4 is 28.5 Å². The summed E-state index contributed by atoms with van der Waals surface area (Å²) in [4.78, 5) is 28.9. The van der Waals surface area contributed by atoms with Gasteiger partial charge in [0.05, 0.1) is 22.0 Å². The van der Waals surface area contributed by atoms with Gasteiger partial charge < -0.3 is 18.8 Å². The van der Waals surface area contributed by atoms with Crippen LogP contribution >= 0.6 is 15.9 Å². The summed E-state index contributed by atoms with van der Waals surface area (Å²) in [6.45, 7) is 8.21. The number of halogens is 1. The maximum Gasteiger partial charge on any atom is 0.494 e. The van der Waals surface area contributed by atoms with E-state index < -0.39 is 7.12 Å². The molecule has 0 unspecified atom stereocenters. The number of hydrogen-bond acceptors (Lipinski definition) is 10. The Bertz CT molecular complexity index is 6640. The number of rotatable bonds is 14. The minimum absolute atomic E-state index is 0.293. The highest BCUT2D eigenvalue weighted by Gasteiger charge is 2.53. The van der Waals surface area contributed by atoms with Gasteiger partial charge in [0.2, 0.25) is 0 Å². The number of ether oxygens (including phenoxy) is 2. The summed E-state index contributed by atoms with van der Waals surface area (Å²) in [5.74, 6) is 6.69. The Hall–Kier alpha value is -14.4. The van der Waals surface area contributed by atoms with Crippen LogP contribution in [0, 0.1) is 0 Å². The van der Waals surface area contributed by atoms with E-state index in [-0.39, 0.29) is 22.0 Å². The van der Waals surface area contributed by atoms with Gasteiger partial charge in [-0.25, -0.2) is 29.9 Å². The molecule has 0 N–H and O–H groups in total. The number of hydrogen-bond donors (Lipinski definition) is 0. The fourth-order valence-electron chi connectivity index (χ4n) is 17.6. The van der Waals surface area contributed by atoms with E-state index >= 15 is 0 Å². The normalized spacial score (nSPS) is 14.0. The maximum atomic E-state index is 6.36. The molecule has 1 saturated heterocycles. The number of nitrogens with zero attached hydrogens (tertiary/aromatic N) is 6. The zero-order chi connectivity index (χ0) is 82.4. The summed E-state index contributed by atoms with van der Waals surface area (Å²) in [7, 11) is -0.403.